The molecule has 12 nitrogen and oxygen atoms in total. The predicted molar refractivity (Wildman–Crippen MR) is 170 cm³/mol. The number of nitrogens with one attached hydrogen (secondary N) is 1. The number of nitro groups is 1. The predicted octanol–water partition coefficient (Wildman–Crippen LogP) is 5.32. The van der Waals surface area contributed by atoms with Crippen LogP contribution in [-0.4, -0.2) is 72.8 Å². The van der Waals surface area contributed by atoms with Gasteiger partial charge in [-0.2, -0.15) is 4.98 Å². The standard InChI is InChI=1S/C27H31N7O5.C2H6.CH4/c1-31(2)11-12-32(3)22-15-24(39-6)21(14-23(22)34(36)37)29-27-28-16-18-13-20(26(35)33(4)25(18)30-27)17-7-9-19(38-5)10-8-17;1-2;/h7-10,13-16H,11-12H2,1-6H3,(H,28,29,30);1-2H3;1H4. The summed E-state index contributed by atoms with van der Waals surface area (Å²) in [5.74, 6) is 1.25. The third kappa shape index (κ3) is 7.32. The molecule has 226 valence electrons. The van der Waals surface area contributed by atoms with Gasteiger partial charge in [-0.15, -0.1) is 0 Å². The molecular weight excluding hydrogens is 538 g/mol. The van der Waals surface area contributed by atoms with E-state index < -0.39 is 4.92 Å². The van der Waals surface area contributed by atoms with Gasteiger partial charge in [0.05, 0.1) is 24.8 Å². The maximum absolute atomic E-state index is 13.2. The lowest BCUT2D eigenvalue weighted by atomic mass is 10.1. The van der Waals surface area contributed by atoms with Gasteiger partial charge in [0, 0.05) is 56.5 Å². The number of aryl methyl sites for hydroxylation is 1. The second-order valence-corrected chi connectivity index (χ2v) is 9.27. The van der Waals surface area contributed by atoms with Crippen LogP contribution in [0, 0.1) is 10.1 Å². The lowest BCUT2D eigenvalue weighted by Gasteiger charge is -2.22. The number of nitro benzene ring substituents is 1. The summed E-state index contributed by atoms with van der Waals surface area (Å²) in [6.45, 7) is 5.31. The topological polar surface area (TPSA) is 128 Å². The number of hydrogen-bond acceptors (Lipinski definition) is 10. The van der Waals surface area contributed by atoms with Gasteiger partial charge in [0.25, 0.3) is 11.2 Å². The summed E-state index contributed by atoms with van der Waals surface area (Å²) >= 11 is 0. The van der Waals surface area contributed by atoms with Crippen molar-refractivity contribution in [3.8, 4) is 22.6 Å². The average molecular weight is 580 g/mol. The van der Waals surface area contributed by atoms with Crippen molar-refractivity contribution in [1.29, 1.82) is 0 Å². The van der Waals surface area contributed by atoms with Gasteiger partial charge in [-0.1, -0.05) is 33.4 Å². The van der Waals surface area contributed by atoms with Gasteiger partial charge in [-0.25, -0.2) is 4.98 Å². The highest BCUT2D eigenvalue weighted by Gasteiger charge is 2.22. The molecule has 0 unspecified atom stereocenters. The van der Waals surface area contributed by atoms with Crippen molar-refractivity contribution in [3.05, 3.63) is 69.1 Å². The molecule has 2 heterocycles. The van der Waals surface area contributed by atoms with Gasteiger partial charge < -0.3 is 24.6 Å². The monoisotopic (exact) mass is 579 g/mol. The molecule has 0 fully saturated rings. The number of aromatic nitrogens is 3. The van der Waals surface area contributed by atoms with Crippen LogP contribution in [0.25, 0.3) is 22.2 Å². The molecule has 0 aliphatic rings. The summed E-state index contributed by atoms with van der Waals surface area (Å²) in [5, 5.41) is 15.6. The van der Waals surface area contributed by atoms with Crippen LogP contribution in [0.4, 0.5) is 23.0 Å². The molecule has 4 rings (SSSR count). The van der Waals surface area contributed by atoms with Crippen molar-refractivity contribution < 1.29 is 14.4 Å². The summed E-state index contributed by atoms with van der Waals surface area (Å²) in [6, 6.07) is 12.0. The molecule has 4 aromatic rings. The number of fused-ring (bicyclic) bond motifs is 1. The molecule has 0 spiro atoms. The highest BCUT2D eigenvalue weighted by molar-refractivity contribution is 5.82. The van der Waals surface area contributed by atoms with E-state index in [4.69, 9.17) is 9.47 Å². The average Bonchev–Trinajstić information content (AvgIpc) is 2.98. The molecule has 42 heavy (non-hydrogen) atoms. The fourth-order valence-corrected chi connectivity index (χ4v) is 4.15. The Labute approximate surface area is 246 Å². The number of methoxy groups -OCH3 is 2. The number of ether oxygens (including phenoxy) is 2. The molecule has 0 saturated heterocycles. The van der Waals surface area contributed by atoms with E-state index in [2.05, 4.69) is 15.3 Å². The molecule has 0 saturated carbocycles. The summed E-state index contributed by atoms with van der Waals surface area (Å²) < 4.78 is 12.2. The molecule has 0 radical (unpaired) electrons. The normalized spacial score (nSPS) is 10.4. The van der Waals surface area contributed by atoms with E-state index in [9.17, 15) is 14.9 Å². The van der Waals surface area contributed by atoms with Gasteiger partial charge in [-0.3, -0.25) is 19.5 Å². The zero-order valence-corrected chi connectivity index (χ0v) is 24.8. The summed E-state index contributed by atoms with van der Waals surface area (Å²) in [6.07, 6.45) is 1.60. The van der Waals surface area contributed by atoms with Crippen molar-refractivity contribution in [2.75, 3.05) is 58.7 Å². The van der Waals surface area contributed by atoms with Gasteiger partial charge >= 0.3 is 0 Å². The second kappa shape index (κ2) is 14.8. The van der Waals surface area contributed by atoms with Crippen molar-refractivity contribution >= 4 is 34.0 Å². The van der Waals surface area contributed by atoms with E-state index in [0.717, 1.165) is 12.1 Å². The third-order valence-electron chi connectivity index (χ3n) is 6.38. The van der Waals surface area contributed by atoms with Crippen LogP contribution < -0.4 is 25.2 Å². The number of hydrogen-bond donors (Lipinski definition) is 1. The number of pyridine rings is 1. The first-order valence-corrected chi connectivity index (χ1v) is 13.1. The summed E-state index contributed by atoms with van der Waals surface area (Å²) in [5.41, 5.74) is 2.09. The van der Waals surface area contributed by atoms with E-state index in [1.54, 1.807) is 51.7 Å². The van der Waals surface area contributed by atoms with Crippen LogP contribution >= 0.6 is 0 Å². The number of nitrogens with zero attached hydrogens (tertiary/aromatic N) is 6. The lowest BCUT2D eigenvalue weighted by Crippen LogP contribution is -2.29. The Kier molecular flexibility index (Phi) is 11.8. The molecule has 2 aromatic heterocycles. The highest BCUT2D eigenvalue weighted by atomic mass is 16.6. The SMILES string of the molecule is C.CC.COc1ccc(-c2cc3cnc(Nc4cc([N+](=O)[O-])c(N(C)CCN(C)C)cc4OC)nc3n(C)c2=O)cc1. The third-order valence-corrected chi connectivity index (χ3v) is 6.38. The second-order valence-electron chi connectivity index (χ2n) is 9.27. The molecule has 0 amide bonds. The van der Waals surface area contributed by atoms with Gasteiger partial charge in [-0.05, 0) is 37.9 Å². The molecule has 0 aliphatic carbocycles. The van der Waals surface area contributed by atoms with E-state index >= 15 is 0 Å². The minimum Gasteiger partial charge on any atom is -0.497 e. The first-order valence-electron chi connectivity index (χ1n) is 13.1. The van der Waals surface area contributed by atoms with Crippen molar-refractivity contribution in [3.63, 3.8) is 0 Å². The molecule has 1 N–H and O–H groups in total. The number of anilines is 3. The number of benzene rings is 2. The van der Waals surface area contributed by atoms with E-state index in [0.29, 0.717) is 46.0 Å². The molecule has 2 aromatic carbocycles. The Balaban J connectivity index is 0.00000201. The van der Waals surface area contributed by atoms with Crippen molar-refractivity contribution in [2.45, 2.75) is 21.3 Å². The zero-order valence-electron chi connectivity index (χ0n) is 24.8. The summed E-state index contributed by atoms with van der Waals surface area (Å²) in [4.78, 5) is 37.4. The van der Waals surface area contributed by atoms with Crippen molar-refractivity contribution in [2.24, 2.45) is 7.05 Å². The number of rotatable bonds is 10. The maximum Gasteiger partial charge on any atom is 0.294 e. The molecule has 0 bridgehead atoms. The zero-order chi connectivity index (χ0) is 30.3. The van der Waals surface area contributed by atoms with Gasteiger partial charge in [0.2, 0.25) is 5.95 Å². The smallest absolute Gasteiger partial charge is 0.294 e. The maximum atomic E-state index is 13.2. The van der Waals surface area contributed by atoms with Crippen LogP contribution in [0.15, 0.2) is 53.5 Å². The fraction of sp³-hybridized carbons (Fsp3) is 0.367. The van der Waals surface area contributed by atoms with Crippen LogP contribution in [0.5, 0.6) is 11.5 Å². The Morgan fingerprint density at radius 1 is 1.02 bits per heavy atom. The van der Waals surface area contributed by atoms with Gasteiger partial charge in [0.1, 0.15) is 22.8 Å². The van der Waals surface area contributed by atoms with E-state index in [1.165, 1.54) is 17.7 Å². The minimum atomic E-state index is -0.433. The Morgan fingerprint density at radius 3 is 2.26 bits per heavy atom. The first-order chi connectivity index (χ1) is 19.6. The largest absolute Gasteiger partial charge is 0.497 e. The van der Waals surface area contributed by atoms with E-state index in [-0.39, 0.29) is 24.6 Å². The highest BCUT2D eigenvalue weighted by Crippen LogP contribution is 2.39. The quantitative estimate of drug-likeness (QED) is 0.195. The van der Waals surface area contributed by atoms with E-state index in [1.807, 2.05) is 49.9 Å². The summed E-state index contributed by atoms with van der Waals surface area (Å²) in [7, 11) is 10.4. The first kappa shape index (κ1) is 33.5. The Morgan fingerprint density at radius 2 is 1.69 bits per heavy atom. The lowest BCUT2D eigenvalue weighted by molar-refractivity contribution is -0.384. The number of likely N-dealkylation sites (N-methyl/N-ethyl adjacent to an activating group) is 2. The molecule has 12 heteroatoms. The Hall–Kier alpha value is -4.71. The van der Waals surface area contributed by atoms with Crippen LogP contribution in [0.2, 0.25) is 0 Å². The molecule has 0 aliphatic heterocycles. The minimum absolute atomic E-state index is 0. The van der Waals surface area contributed by atoms with Crippen LogP contribution in [-0.2, 0) is 7.05 Å². The van der Waals surface area contributed by atoms with Crippen LogP contribution in [0.1, 0.15) is 21.3 Å². The molecular formula is C30H41N7O5. The molecule has 0 atom stereocenters. The van der Waals surface area contributed by atoms with Crippen molar-refractivity contribution in [1.82, 2.24) is 19.4 Å². The Bertz CT molecular complexity index is 1570. The van der Waals surface area contributed by atoms with Crippen LogP contribution in [0.3, 0.4) is 0 Å². The fourth-order valence-electron chi connectivity index (χ4n) is 4.15. The van der Waals surface area contributed by atoms with Gasteiger partial charge in [0.15, 0.2) is 0 Å².